The van der Waals surface area contributed by atoms with Crippen LogP contribution in [0.15, 0.2) is 6.07 Å². The van der Waals surface area contributed by atoms with E-state index in [2.05, 4.69) is 10.3 Å². The van der Waals surface area contributed by atoms with Crippen LogP contribution in [-0.4, -0.2) is 23.5 Å². The molecule has 0 unspecified atom stereocenters. The first kappa shape index (κ1) is 18.2. The third-order valence-electron chi connectivity index (χ3n) is 5.45. The molecule has 3 atom stereocenters. The van der Waals surface area contributed by atoms with E-state index >= 15 is 0 Å². The van der Waals surface area contributed by atoms with E-state index < -0.39 is 35.9 Å². The Bertz CT molecular complexity index is 917. The summed E-state index contributed by atoms with van der Waals surface area (Å²) in [4.78, 5) is 27.6. The molecule has 1 amide bonds. The van der Waals surface area contributed by atoms with Crippen LogP contribution < -0.4 is 5.32 Å². The predicted octanol–water partition coefficient (Wildman–Crippen LogP) is 4.02. The number of esters is 1. The first-order valence-electron chi connectivity index (χ1n) is 8.80. The number of carbonyl (C=O) groups is 2. The van der Waals surface area contributed by atoms with Crippen LogP contribution in [0.3, 0.4) is 0 Å². The fourth-order valence-corrected chi connectivity index (χ4v) is 5.13. The zero-order valence-electron chi connectivity index (χ0n) is 14.3. The van der Waals surface area contributed by atoms with Gasteiger partial charge in [-0.15, -0.1) is 0 Å². The molecular formula is C18H17F3N2O3S. The van der Waals surface area contributed by atoms with Crippen LogP contribution in [0, 0.1) is 35.2 Å². The van der Waals surface area contributed by atoms with Crippen LogP contribution in [-0.2, 0) is 14.3 Å². The highest BCUT2D eigenvalue weighted by Crippen LogP contribution is 2.49. The molecule has 5 nitrogen and oxygen atoms in total. The third-order valence-corrected chi connectivity index (χ3v) is 6.36. The monoisotopic (exact) mass is 398 g/mol. The Kier molecular flexibility index (Phi) is 4.79. The van der Waals surface area contributed by atoms with Crippen LogP contribution in [0.5, 0.6) is 0 Å². The SMILES string of the molecule is O=C(COC(=O)C[C@H]1C[C@H]2CC[C@@H]1C2)Nc1nc2c(F)c(F)c(F)cc2s1. The molecule has 9 heteroatoms. The highest BCUT2D eigenvalue weighted by molar-refractivity contribution is 7.22. The first-order valence-corrected chi connectivity index (χ1v) is 9.62. The van der Waals surface area contributed by atoms with Crippen molar-refractivity contribution >= 4 is 38.6 Å². The predicted molar refractivity (Wildman–Crippen MR) is 92.6 cm³/mol. The number of hydrogen-bond donors (Lipinski definition) is 1. The maximum absolute atomic E-state index is 13.7. The Hall–Kier alpha value is -2.16. The number of hydrogen-bond acceptors (Lipinski definition) is 5. The van der Waals surface area contributed by atoms with Gasteiger partial charge in [-0.05, 0) is 43.1 Å². The summed E-state index contributed by atoms with van der Waals surface area (Å²) >= 11 is 0.801. The lowest BCUT2D eigenvalue weighted by molar-refractivity contribution is -0.148. The number of aromatic nitrogens is 1. The number of carbonyl (C=O) groups excluding carboxylic acids is 2. The van der Waals surface area contributed by atoms with Crippen LogP contribution >= 0.6 is 11.3 Å². The van der Waals surface area contributed by atoms with Gasteiger partial charge in [-0.1, -0.05) is 17.8 Å². The molecular weight excluding hydrogens is 381 g/mol. The topological polar surface area (TPSA) is 68.3 Å². The number of ether oxygens (including phenoxy) is 1. The fourth-order valence-electron chi connectivity index (χ4n) is 4.23. The van der Waals surface area contributed by atoms with E-state index in [4.69, 9.17) is 4.74 Å². The molecule has 1 aromatic heterocycles. The molecule has 1 N–H and O–H groups in total. The highest BCUT2D eigenvalue weighted by atomic mass is 32.1. The van der Waals surface area contributed by atoms with Gasteiger partial charge in [0.05, 0.1) is 4.70 Å². The molecule has 0 spiro atoms. The molecule has 2 bridgehead atoms. The highest BCUT2D eigenvalue weighted by Gasteiger charge is 2.40. The second-order valence-electron chi connectivity index (χ2n) is 7.20. The van der Waals surface area contributed by atoms with Gasteiger partial charge in [0.2, 0.25) is 0 Å². The minimum atomic E-state index is -1.61. The quantitative estimate of drug-likeness (QED) is 0.610. The number of amides is 1. The standard InChI is InChI=1S/C18H17F3N2O3S/c19-11-6-12-17(16(21)15(11)20)23-18(27-12)22-13(24)7-26-14(25)5-10-4-8-1-2-9(10)3-8/h6,8-10H,1-5,7H2,(H,22,23,24)/t8-,9+,10+/m0/s1. The first-order chi connectivity index (χ1) is 12.9. The molecule has 2 aromatic rings. The molecule has 0 radical (unpaired) electrons. The minimum absolute atomic E-state index is 0.0250. The molecule has 144 valence electrons. The largest absolute Gasteiger partial charge is 0.456 e. The molecule has 2 aliphatic carbocycles. The summed E-state index contributed by atoms with van der Waals surface area (Å²) in [6, 6.07) is 0.816. The molecule has 0 saturated heterocycles. The summed E-state index contributed by atoms with van der Waals surface area (Å²) in [7, 11) is 0. The number of benzene rings is 1. The van der Waals surface area contributed by atoms with Crippen molar-refractivity contribution in [3.8, 4) is 0 Å². The van der Waals surface area contributed by atoms with E-state index in [1.807, 2.05) is 0 Å². The summed E-state index contributed by atoms with van der Waals surface area (Å²) in [5, 5.41) is 2.33. The molecule has 0 aliphatic heterocycles. The van der Waals surface area contributed by atoms with Crippen molar-refractivity contribution < 1.29 is 27.5 Å². The second kappa shape index (κ2) is 7.10. The molecule has 1 heterocycles. The number of nitrogens with one attached hydrogen (secondary N) is 1. The third kappa shape index (κ3) is 3.65. The van der Waals surface area contributed by atoms with Crippen LogP contribution in [0.4, 0.5) is 18.3 Å². The summed E-state index contributed by atoms with van der Waals surface area (Å²) in [5.74, 6) is -3.73. The average molecular weight is 398 g/mol. The molecule has 2 aliphatic rings. The molecule has 27 heavy (non-hydrogen) atoms. The Balaban J connectivity index is 1.31. The van der Waals surface area contributed by atoms with E-state index in [-0.39, 0.29) is 15.3 Å². The van der Waals surface area contributed by atoms with Gasteiger partial charge in [-0.3, -0.25) is 14.9 Å². The van der Waals surface area contributed by atoms with Crippen molar-refractivity contribution in [1.82, 2.24) is 4.98 Å². The lowest BCUT2D eigenvalue weighted by Gasteiger charge is -2.20. The average Bonchev–Trinajstić information content (AvgIpc) is 3.33. The van der Waals surface area contributed by atoms with Gasteiger partial charge in [0.1, 0.15) is 5.52 Å². The lowest BCUT2D eigenvalue weighted by Crippen LogP contribution is -2.23. The number of rotatable bonds is 5. The van der Waals surface area contributed by atoms with Gasteiger partial charge in [0.15, 0.2) is 29.2 Å². The number of halogens is 3. The van der Waals surface area contributed by atoms with Gasteiger partial charge in [-0.2, -0.15) is 0 Å². The summed E-state index contributed by atoms with van der Waals surface area (Å²) in [6.07, 6.45) is 4.97. The zero-order valence-corrected chi connectivity index (χ0v) is 15.1. The van der Waals surface area contributed by atoms with Crippen LogP contribution in [0.1, 0.15) is 32.1 Å². The van der Waals surface area contributed by atoms with Crippen molar-refractivity contribution in [2.75, 3.05) is 11.9 Å². The molecule has 4 rings (SSSR count). The van der Waals surface area contributed by atoms with Gasteiger partial charge < -0.3 is 4.74 Å². The van der Waals surface area contributed by atoms with E-state index in [1.165, 1.54) is 19.3 Å². The van der Waals surface area contributed by atoms with Gasteiger partial charge >= 0.3 is 5.97 Å². The van der Waals surface area contributed by atoms with E-state index in [0.717, 1.165) is 29.7 Å². The molecule has 2 saturated carbocycles. The Morgan fingerprint density at radius 2 is 2.04 bits per heavy atom. The number of thiazole rings is 1. The van der Waals surface area contributed by atoms with Gasteiger partial charge in [0, 0.05) is 6.42 Å². The van der Waals surface area contributed by atoms with Crippen molar-refractivity contribution in [3.05, 3.63) is 23.5 Å². The summed E-state index contributed by atoms with van der Waals surface area (Å²) in [6.45, 7) is -0.485. The Morgan fingerprint density at radius 1 is 1.22 bits per heavy atom. The van der Waals surface area contributed by atoms with E-state index in [1.54, 1.807) is 0 Å². The number of anilines is 1. The second-order valence-corrected chi connectivity index (χ2v) is 8.23. The Morgan fingerprint density at radius 3 is 2.74 bits per heavy atom. The minimum Gasteiger partial charge on any atom is -0.456 e. The summed E-state index contributed by atoms with van der Waals surface area (Å²) < 4.78 is 45.2. The van der Waals surface area contributed by atoms with Crippen LogP contribution in [0.2, 0.25) is 0 Å². The number of nitrogens with zero attached hydrogens (tertiary/aromatic N) is 1. The van der Waals surface area contributed by atoms with Crippen molar-refractivity contribution in [2.24, 2.45) is 17.8 Å². The maximum Gasteiger partial charge on any atom is 0.306 e. The van der Waals surface area contributed by atoms with Gasteiger partial charge in [-0.25, -0.2) is 18.2 Å². The fraction of sp³-hybridized carbons (Fsp3) is 0.500. The van der Waals surface area contributed by atoms with Gasteiger partial charge in [0.25, 0.3) is 5.91 Å². The van der Waals surface area contributed by atoms with E-state index in [9.17, 15) is 22.8 Å². The van der Waals surface area contributed by atoms with Crippen molar-refractivity contribution in [1.29, 1.82) is 0 Å². The van der Waals surface area contributed by atoms with Crippen molar-refractivity contribution in [2.45, 2.75) is 32.1 Å². The maximum atomic E-state index is 13.7. The van der Waals surface area contributed by atoms with E-state index in [0.29, 0.717) is 18.3 Å². The van der Waals surface area contributed by atoms with Crippen LogP contribution in [0.25, 0.3) is 10.2 Å². The summed E-state index contributed by atoms with van der Waals surface area (Å²) in [5.41, 5.74) is -0.359. The smallest absolute Gasteiger partial charge is 0.306 e. The molecule has 2 fully saturated rings. The lowest BCUT2D eigenvalue weighted by atomic mass is 9.86. The normalized spacial score (nSPS) is 23.7. The zero-order chi connectivity index (χ0) is 19.1. The van der Waals surface area contributed by atoms with Crippen molar-refractivity contribution in [3.63, 3.8) is 0 Å². The Labute approximate surface area is 156 Å². The molecule has 1 aromatic carbocycles. The number of fused-ring (bicyclic) bond motifs is 3.